The topological polar surface area (TPSA) is 45.2 Å². The van der Waals surface area contributed by atoms with Gasteiger partial charge in [-0.25, -0.2) is 0 Å². The van der Waals surface area contributed by atoms with Crippen LogP contribution in [0.25, 0.3) is 0 Å². The van der Waals surface area contributed by atoms with Crippen LogP contribution in [0.1, 0.15) is 18.4 Å². The van der Waals surface area contributed by atoms with E-state index in [1.165, 1.54) is 28.6 Å². The lowest BCUT2D eigenvalue weighted by Gasteiger charge is -2.40. The molecule has 1 aliphatic carbocycles. The molecule has 1 saturated carbocycles. The van der Waals surface area contributed by atoms with Crippen LogP contribution >= 0.6 is 23.5 Å². The van der Waals surface area contributed by atoms with E-state index < -0.39 is 0 Å². The summed E-state index contributed by atoms with van der Waals surface area (Å²) < 4.78 is 0. The van der Waals surface area contributed by atoms with E-state index in [0.717, 1.165) is 19.3 Å². The zero-order chi connectivity index (χ0) is 14.5. The Labute approximate surface area is 135 Å². The number of aromatic nitrogens is 1. The van der Waals surface area contributed by atoms with Gasteiger partial charge in [-0.3, -0.25) is 4.98 Å². The second-order valence-electron chi connectivity index (χ2n) is 6.06. The minimum Gasteiger partial charge on any atom is -0.393 e. The summed E-state index contributed by atoms with van der Waals surface area (Å²) in [6.45, 7) is 0. The first-order valence-electron chi connectivity index (χ1n) is 7.80. The fourth-order valence-electron chi connectivity index (χ4n) is 3.11. The Kier molecular flexibility index (Phi) is 5.86. The molecule has 116 valence electrons. The van der Waals surface area contributed by atoms with Crippen LogP contribution in [0, 0.1) is 5.92 Å². The van der Waals surface area contributed by atoms with E-state index in [4.69, 9.17) is 0 Å². The van der Waals surface area contributed by atoms with Gasteiger partial charge in [-0.1, -0.05) is 0 Å². The van der Waals surface area contributed by atoms with E-state index in [0.29, 0.717) is 18.0 Å². The van der Waals surface area contributed by atoms with E-state index in [2.05, 4.69) is 46.0 Å². The molecular weight excluding hydrogens is 300 g/mol. The Morgan fingerprint density at radius 2 is 1.86 bits per heavy atom. The Hall–Kier alpha value is -0.230. The highest BCUT2D eigenvalue weighted by Crippen LogP contribution is 2.32. The molecule has 3 rings (SSSR count). The number of aliphatic hydroxyl groups is 1. The van der Waals surface area contributed by atoms with Gasteiger partial charge in [0.05, 0.1) is 6.10 Å². The lowest BCUT2D eigenvalue weighted by Crippen LogP contribution is -2.51. The van der Waals surface area contributed by atoms with Crippen LogP contribution in [-0.4, -0.2) is 51.3 Å². The molecule has 1 aromatic heterocycles. The molecule has 1 atom stereocenters. The number of hydrogen-bond acceptors (Lipinski definition) is 5. The molecule has 1 aromatic rings. The summed E-state index contributed by atoms with van der Waals surface area (Å²) in [5.74, 6) is 5.61. The van der Waals surface area contributed by atoms with Crippen LogP contribution in [0.2, 0.25) is 0 Å². The van der Waals surface area contributed by atoms with Gasteiger partial charge in [-0.15, -0.1) is 0 Å². The zero-order valence-electron chi connectivity index (χ0n) is 12.3. The highest BCUT2D eigenvalue weighted by molar-refractivity contribution is 8.03. The van der Waals surface area contributed by atoms with Gasteiger partial charge in [-0.2, -0.15) is 23.5 Å². The van der Waals surface area contributed by atoms with Crippen molar-refractivity contribution >= 4 is 23.5 Å². The number of rotatable bonds is 5. The predicted molar refractivity (Wildman–Crippen MR) is 92.0 cm³/mol. The molecular formula is C16H24N2OS2. The third kappa shape index (κ3) is 4.62. The first kappa shape index (κ1) is 15.7. The third-order valence-electron chi connectivity index (χ3n) is 4.38. The number of nitrogens with one attached hydrogen (secondary N) is 1. The molecule has 0 spiro atoms. The molecule has 2 aliphatic rings. The predicted octanol–water partition coefficient (Wildman–Crippen LogP) is 2.20. The minimum atomic E-state index is -0.0744. The molecule has 0 amide bonds. The normalized spacial score (nSPS) is 28.6. The number of pyridine rings is 1. The van der Waals surface area contributed by atoms with Gasteiger partial charge >= 0.3 is 0 Å². The smallest absolute Gasteiger partial charge is 0.0546 e. The van der Waals surface area contributed by atoms with E-state index in [-0.39, 0.29) is 6.10 Å². The first-order valence-corrected chi connectivity index (χ1v) is 10.1. The Balaban J connectivity index is 1.61. The Morgan fingerprint density at radius 1 is 1.19 bits per heavy atom. The van der Waals surface area contributed by atoms with E-state index >= 15 is 0 Å². The average molecular weight is 325 g/mol. The summed E-state index contributed by atoms with van der Waals surface area (Å²) in [5, 5.41) is 13.5. The Bertz CT molecular complexity index is 418. The largest absolute Gasteiger partial charge is 0.393 e. The third-order valence-corrected chi connectivity index (χ3v) is 6.90. The number of aliphatic hydroxyl groups excluding tert-OH is 1. The molecule has 0 radical (unpaired) electrons. The zero-order valence-corrected chi connectivity index (χ0v) is 13.9. The molecule has 1 saturated heterocycles. The summed E-state index contributed by atoms with van der Waals surface area (Å²) in [5.41, 5.74) is 1.35. The van der Waals surface area contributed by atoms with Crippen molar-refractivity contribution in [2.45, 2.75) is 37.5 Å². The maximum Gasteiger partial charge on any atom is 0.0546 e. The number of thioether (sulfide) groups is 2. The molecule has 0 bridgehead atoms. The SMILES string of the molecule is OC1CC([C@H](Cc2ccncc2)NC2CSCCSC2)C1. The lowest BCUT2D eigenvalue weighted by atomic mass is 9.75. The minimum absolute atomic E-state index is 0.0744. The molecule has 1 aliphatic heterocycles. The maximum atomic E-state index is 9.64. The second-order valence-corrected chi connectivity index (χ2v) is 8.36. The highest BCUT2D eigenvalue weighted by atomic mass is 32.2. The van der Waals surface area contributed by atoms with Crippen molar-refractivity contribution in [3.05, 3.63) is 30.1 Å². The molecule has 5 heteroatoms. The van der Waals surface area contributed by atoms with Crippen molar-refractivity contribution in [2.75, 3.05) is 23.0 Å². The molecule has 2 fully saturated rings. The van der Waals surface area contributed by atoms with Gasteiger partial charge in [0.2, 0.25) is 0 Å². The van der Waals surface area contributed by atoms with E-state index in [9.17, 15) is 5.11 Å². The quantitative estimate of drug-likeness (QED) is 0.869. The standard InChI is InChI=1S/C16H24N2OS2/c19-15-8-13(9-15)16(7-12-1-3-17-4-2-12)18-14-10-20-5-6-21-11-14/h1-4,13-16,18-19H,5-11H2/t13?,15?,16-/m0/s1. The van der Waals surface area contributed by atoms with E-state index in [1.54, 1.807) is 0 Å². The average Bonchev–Trinajstić information content (AvgIpc) is 2.73. The van der Waals surface area contributed by atoms with Crippen LogP contribution in [0.4, 0.5) is 0 Å². The molecule has 0 aromatic carbocycles. The first-order chi connectivity index (χ1) is 10.3. The fraction of sp³-hybridized carbons (Fsp3) is 0.688. The fourth-order valence-corrected chi connectivity index (χ4v) is 5.53. The van der Waals surface area contributed by atoms with Crippen LogP contribution < -0.4 is 5.32 Å². The molecule has 3 nitrogen and oxygen atoms in total. The number of nitrogens with zero attached hydrogens (tertiary/aromatic N) is 1. The summed E-state index contributed by atoms with van der Waals surface area (Å²) in [6, 6.07) is 5.31. The Morgan fingerprint density at radius 3 is 2.48 bits per heavy atom. The molecule has 2 heterocycles. The number of hydrogen-bond donors (Lipinski definition) is 2. The highest BCUT2D eigenvalue weighted by Gasteiger charge is 2.35. The molecule has 0 unspecified atom stereocenters. The lowest BCUT2D eigenvalue weighted by molar-refractivity contribution is 0.0232. The van der Waals surface area contributed by atoms with Gasteiger partial charge in [0, 0.05) is 47.5 Å². The van der Waals surface area contributed by atoms with Gasteiger partial charge in [0.1, 0.15) is 0 Å². The van der Waals surface area contributed by atoms with E-state index in [1.807, 2.05) is 12.4 Å². The van der Waals surface area contributed by atoms with Crippen LogP contribution in [0.5, 0.6) is 0 Å². The monoisotopic (exact) mass is 324 g/mol. The molecule has 2 N–H and O–H groups in total. The van der Waals surface area contributed by atoms with Gasteiger partial charge in [-0.05, 0) is 42.9 Å². The van der Waals surface area contributed by atoms with Crippen molar-refractivity contribution in [3.63, 3.8) is 0 Å². The van der Waals surface area contributed by atoms with Crippen molar-refractivity contribution in [3.8, 4) is 0 Å². The van der Waals surface area contributed by atoms with Crippen molar-refractivity contribution in [1.82, 2.24) is 10.3 Å². The van der Waals surface area contributed by atoms with Crippen LogP contribution in [0.3, 0.4) is 0 Å². The van der Waals surface area contributed by atoms with Gasteiger partial charge < -0.3 is 10.4 Å². The van der Waals surface area contributed by atoms with Crippen LogP contribution in [0.15, 0.2) is 24.5 Å². The van der Waals surface area contributed by atoms with Crippen molar-refractivity contribution < 1.29 is 5.11 Å². The van der Waals surface area contributed by atoms with Gasteiger partial charge in [0.15, 0.2) is 0 Å². The van der Waals surface area contributed by atoms with Crippen molar-refractivity contribution in [1.29, 1.82) is 0 Å². The summed E-state index contributed by atoms with van der Waals surface area (Å²) >= 11 is 4.13. The van der Waals surface area contributed by atoms with Crippen LogP contribution in [-0.2, 0) is 6.42 Å². The van der Waals surface area contributed by atoms with Gasteiger partial charge in [0.25, 0.3) is 0 Å². The maximum absolute atomic E-state index is 9.64. The summed E-state index contributed by atoms with van der Waals surface area (Å²) in [6.07, 6.45) is 6.63. The second kappa shape index (κ2) is 7.86. The molecule has 21 heavy (non-hydrogen) atoms. The van der Waals surface area contributed by atoms with Crippen molar-refractivity contribution in [2.24, 2.45) is 5.92 Å². The summed E-state index contributed by atoms with van der Waals surface area (Å²) in [4.78, 5) is 4.10. The summed E-state index contributed by atoms with van der Waals surface area (Å²) in [7, 11) is 0.